The number of nitrogens with zero attached hydrogens (tertiary/aromatic N) is 3. The number of aliphatic hydroxyl groups is 1. The molecule has 0 spiro atoms. The number of hydrogen-bond acceptors (Lipinski definition) is 6. The van der Waals surface area contributed by atoms with Crippen molar-refractivity contribution in [2.45, 2.75) is 63.8 Å². The molecule has 1 aliphatic rings. The average Bonchev–Trinajstić information content (AvgIpc) is 2.89. The average molecular weight is 373 g/mol. The van der Waals surface area contributed by atoms with E-state index in [4.69, 9.17) is 0 Å². The van der Waals surface area contributed by atoms with Crippen LogP contribution in [0.2, 0.25) is 0 Å². The monoisotopic (exact) mass is 373 g/mol. The van der Waals surface area contributed by atoms with Crippen molar-refractivity contribution in [2.24, 2.45) is 5.92 Å². The summed E-state index contributed by atoms with van der Waals surface area (Å²) in [4.78, 5) is 15.9. The molecule has 1 aromatic rings. The second kappa shape index (κ2) is 8.24. The van der Waals surface area contributed by atoms with Gasteiger partial charge < -0.3 is 10.4 Å². The van der Waals surface area contributed by atoms with Gasteiger partial charge in [-0.1, -0.05) is 13.8 Å². The van der Waals surface area contributed by atoms with Crippen LogP contribution in [0.5, 0.6) is 0 Å². The Morgan fingerprint density at radius 3 is 2.80 bits per heavy atom. The third kappa shape index (κ3) is 5.23. The van der Waals surface area contributed by atoms with Gasteiger partial charge in [0, 0.05) is 19.5 Å². The van der Waals surface area contributed by atoms with E-state index in [0.29, 0.717) is 31.0 Å². The lowest BCUT2D eigenvalue weighted by Crippen LogP contribution is -2.47. The lowest BCUT2D eigenvalue weighted by atomic mass is 10.0. The molecule has 1 fully saturated rings. The van der Waals surface area contributed by atoms with Crippen LogP contribution >= 0.6 is 0 Å². The maximum Gasteiger partial charge on any atom is 0.282 e. The lowest BCUT2D eigenvalue weighted by molar-refractivity contribution is -0.122. The molecule has 2 rings (SSSR count). The van der Waals surface area contributed by atoms with Gasteiger partial charge in [0.15, 0.2) is 0 Å². The van der Waals surface area contributed by atoms with Crippen LogP contribution in [-0.2, 0) is 14.8 Å². The smallest absolute Gasteiger partial charge is 0.282 e. The number of aromatic amines is 1. The first-order valence-corrected chi connectivity index (χ1v) is 10.0. The van der Waals surface area contributed by atoms with Crippen LogP contribution < -0.4 is 5.32 Å². The quantitative estimate of drug-likeness (QED) is 0.652. The number of β-amino-alcohol motifs (C(OH)–C–C–N with tert-alkyl or cyclic N) is 1. The molecule has 9 nitrogen and oxygen atoms in total. The molecule has 1 aromatic heterocycles. The van der Waals surface area contributed by atoms with E-state index in [0.717, 1.165) is 6.42 Å². The topological polar surface area (TPSA) is 128 Å². The first-order valence-electron chi connectivity index (χ1n) is 8.56. The first-order chi connectivity index (χ1) is 11.7. The Kier molecular flexibility index (Phi) is 6.53. The summed E-state index contributed by atoms with van der Waals surface area (Å²) < 4.78 is 26.4. The van der Waals surface area contributed by atoms with E-state index in [9.17, 15) is 18.3 Å². The number of carbonyl (C=O) groups excluding carboxylic acids is 1. The normalized spacial score (nSPS) is 22.8. The number of sulfonamides is 1. The van der Waals surface area contributed by atoms with Crippen molar-refractivity contribution in [3.63, 3.8) is 0 Å². The molecule has 0 radical (unpaired) electrons. The maximum atomic E-state index is 12.6. The second-order valence-electron chi connectivity index (χ2n) is 6.88. The predicted octanol–water partition coefficient (Wildman–Crippen LogP) is 0.180. The molecule has 3 N–H and O–H groups in total. The van der Waals surface area contributed by atoms with Crippen LogP contribution in [0.25, 0.3) is 0 Å². The fourth-order valence-electron chi connectivity index (χ4n) is 2.75. The van der Waals surface area contributed by atoms with Crippen LogP contribution in [0, 0.1) is 12.8 Å². The minimum Gasteiger partial charge on any atom is -0.390 e. The Morgan fingerprint density at radius 1 is 1.48 bits per heavy atom. The molecule has 1 aliphatic heterocycles. The van der Waals surface area contributed by atoms with E-state index >= 15 is 0 Å². The molecular formula is C15H27N5O4S. The molecule has 1 unspecified atom stereocenters. The lowest BCUT2D eigenvalue weighted by Gasteiger charge is -2.24. The molecule has 1 saturated heterocycles. The molecule has 2 atom stereocenters. The van der Waals surface area contributed by atoms with Crippen molar-refractivity contribution < 1.29 is 18.3 Å². The van der Waals surface area contributed by atoms with Gasteiger partial charge in [-0.15, -0.1) is 5.10 Å². The SMILES string of the molecule is Cc1nc(S(=O)(=O)N2CCCC(NC(=O)CCC(C)C)[C@@H](O)C2)n[nH]1. The number of rotatable bonds is 6. The third-order valence-electron chi connectivity index (χ3n) is 4.22. The van der Waals surface area contributed by atoms with Gasteiger partial charge in [-0.2, -0.15) is 4.31 Å². The second-order valence-corrected chi connectivity index (χ2v) is 8.71. The van der Waals surface area contributed by atoms with Gasteiger partial charge in [0.2, 0.25) is 5.91 Å². The van der Waals surface area contributed by atoms with Crippen molar-refractivity contribution in [3.8, 4) is 0 Å². The number of nitrogens with one attached hydrogen (secondary N) is 2. The number of hydrogen-bond donors (Lipinski definition) is 3. The minimum atomic E-state index is -3.86. The van der Waals surface area contributed by atoms with E-state index in [1.54, 1.807) is 6.92 Å². The number of aryl methyl sites for hydroxylation is 1. The summed E-state index contributed by atoms with van der Waals surface area (Å²) in [7, 11) is -3.86. The third-order valence-corrected chi connectivity index (χ3v) is 5.88. The van der Waals surface area contributed by atoms with Crippen molar-refractivity contribution in [3.05, 3.63) is 5.82 Å². The predicted molar refractivity (Wildman–Crippen MR) is 91.1 cm³/mol. The van der Waals surface area contributed by atoms with Gasteiger partial charge in [0.1, 0.15) is 5.82 Å². The van der Waals surface area contributed by atoms with Crippen molar-refractivity contribution in [2.75, 3.05) is 13.1 Å². The highest BCUT2D eigenvalue weighted by atomic mass is 32.2. The van der Waals surface area contributed by atoms with Gasteiger partial charge in [-0.25, -0.2) is 13.4 Å². The summed E-state index contributed by atoms with van der Waals surface area (Å²) in [6, 6.07) is -0.450. The molecule has 0 aliphatic carbocycles. The van der Waals surface area contributed by atoms with E-state index in [2.05, 4.69) is 20.5 Å². The molecule has 142 valence electrons. The van der Waals surface area contributed by atoms with Gasteiger partial charge in [-0.3, -0.25) is 9.89 Å². The fraction of sp³-hybridized carbons (Fsp3) is 0.800. The van der Waals surface area contributed by atoms with Gasteiger partial charge in [-0.05, 0) is 32.1 Å². The molecule has 10 heteroatoms. The van der Waals surface area contributed by atoms with Crippen LogP contribution in [-0.4, -0.2) is 64.2 Å². The van der Waals surface area contributed by atoms with Crippen molar-refractivity contribution in [1.82, 2.24) is 24.8 Å². The summed E-state index contributed by atoms with van der Waals surface area (Å²) in [5.41, 5.74) is 0. The number of amides is 1. The van der Waals surface area contributed by atoms with E-state index in [1.165, 1.54) is 4.31 Å². The number of carbonyl (C=O) groups is 1. The Labute approximate surface area is 148 Å². The zero-order chi connectivity index (χ0) is 18.6. The van der Waals surface area contributed by atoms with Gasteiger partial charge in [0.05, 0.1) is 12.1 Å². The number of aromatic nitrogens is 3. The van der Waals surface area contributed by atoms with Crippen LogP contribution in [0.3, 0.4) is 0 Å². The number of H-pyrrole nitrogens is 1. The highest BCUT2D eigenvalue weighted by molar-refractivity contribution is 7.88. The summed E-state index contributed by atoms with van der Waals surface area (Å²) in [5.74, 6) is 0.720. The molecule has 0 aromatic carbocycles. The Bertz CT molecular complexity index is 688. The Hall–Kier alpha value is -1.52. The van der Waals surface area contributed by atoms with Gasteiger partial charge in [0.25, 0.3) is 15.2 Å². The summed E-state index contributed by atoms with van der Waals surface area (Å²) in [6.07, 6.45) is 1.27. The molecule has 2 heterocycles. The first kappa shape index (κ1) is 19.8. The molecule has 0 saturated carbocycles. The zero-order valence-corrected chi connectivity index (χ0v) is 15.7. The molecule has 0 bridgehead atoms. The van der Waals surface area contributed by atoms with Crippen molar-refractivity contribution >= 4 is 15.9 Å². The van der Waals surface area contributed by atoms with Crippen LogP contribution in [0.15, 0.2) is 5.16 Å². The van der Waals surface area contributed by atoms with E-state index < -0.39 is 22.2 Å². The number of aliphatic hydroxyl groups excluding tert-OH is 1. The minimum absolute atomic E-state index is 0.0922. The van der Waals surface area contributed by atoms with E-state index in [-0.39, 0.29) is 24.2 Å². The summed E-state index contributed by atoms with van der Waals surface area (Å²) >= 11 is 0. The van der Waals surface area contributed by atoms with Crippen LogP contribution in [0.4, 0.5) is 0 Å². The molecule has 1 amide bonds. The Morgan fingerprint density at radius 2 is 2.20 bits per heavy atom. The van der Waals surface area contributed by atoms with E-state index in [1.807, 2.05) is 13.8 Å². The Balaban J connectivity index is 2.00. The highest BCUT2D eigenvalue weighted by Crippen LogP contribution is 2.19. The molecule has 25 heavy (non-hydrogen) atoms. The standard InChI is InChI=1S/C15H27N5O4S/c1-10(2)6-7-14(22)17-12-5-4-8-20(9-13(12)21)25(23,24)15-16-11(3)18-19-15/h10,12-13,21H,4-9H2,1-3H3,(H,17,22)(H,16,18,19)/t12?,13-/m0/s1. The summed E-state index contributed by atoms with van der Waals surface area (Å²) in [6.45, 7) is 5.87. The zero-order valence-electron chi connectivity index (χ0n) is 14.9. The highest BCUT2D eigenvalue weighted by Gasteiger charge is 2.35. The maximum absolute atomic E-state index is 12.6. The van der Waals surface area contributed by atoms with Crippen LogP contribution in [0.1, 0.15) is 45.4 Å². The fourth-order valence-corrected chi connectivity index (χ4v) is 4.11. The largest absolute Gasteiger partial charge is 0.390 e. The van der Waals surface area contributed by atoms with Crippen molar-refractivity contribution in [1.29, 1.82) is 0 Å². The summed E-state index contributed by atoms with van der Waals surface area (Å²) in [5, 5.41) is 19.2. The molecular weight excluding hydrogens is 346 g/mol. The van der Waals surface area contributed by atoms with Gasteiger partial charge >= 0.3 is 0 Å².